The van der Waals surface area contributed by atoms with Crippen LogP contribution in [0.4, 0.5) is 9.18 Å². The average Bonchev–Trinajstić information content (AvgIpc) is 3.39. The van der Waals surface area contributed by atoms with Gasteiger partial charge in [-0.3, -0.25) is 10.1 Å². The van der Waals surface area contributed by atoms with Crippen LogP contribution in [0.5, 0.6) is 0 Å². The fourth-order valence-electron chi connectivity index (χ4n) is 3.72. The third kappa shape index (κ3) is 4.35. The molecule has 3 heterocycles. The van der Waals surface area contributed by atoms with Gasteiger partial charge in [-0.15, -0.1) is 0 Å². The van der Waals surface area contributed by atoms with Crippen LogP contribution in [0.1, 0.15) is 38.7 Å². The summed E-state index contributed by atoms with van der Waals surface area (Å²) >= 11 is 0. The zero-order valence-corrected chi connectivity index (χ0v) is 17.4. The number of carbonyl (C=O) groups is 1. The van der Waals surface area contributed by atoms with Gasteiger partial charge in [-0.05, 0) is 69.2 Å². The second-order valence-corrected chi connectivity index (χ2v) is 8.55. The number of aromatic amines is 1. The Morgan fingerprint density at radius 2 is 2.00 bits per heavy atom. The summed E-state index contributed by atoms with van der Waals surface area (Å²) in [5, 5.41) is 7.11. The molecule has 7 heteroatoms. The second kappa shape index (κ2) is 7.89. The minimum atomic E-state index is -0.519. The summed E-state index contributed by atoms with van der Waals surface area (Å²) < 4.78 is 18.8. The van der Waals surface area contributed by atoms with E-state index >= 15 is 0 Å². The first kappa shape index (κ1) is 20.1. The third-order valence-electron chi connectivity index (χ3n) is 5.15. The molecule has 30 heavy (non-hydrogen) atoms. The Bertz CT molecular complexity index is 1030. The van der Waals surface area contributed by atoms with Crippen molar-refractivity contribution >= 4 is 6.09 Å². The van der Waals surface area contributed by atoms with E-state index in [4.69, 9.17) is 4.74 Å². The Hall–Kier alpha value is -3.22. The highest BCUT2D eigenvalue weighted by Crippen LogP contribution is 2.36. The van der Waals surface area contributed by atoms with Gasteiger partial charge in [0.1, 0.15) is 11.4 Å². The number of hydrogen-bond donors (Lipinski definition) is 1. The van der Waals surface area contributed by atoms with Gasteiger partial charge in [-0.1, -0.05) is 0 Å². The predicted molar refractivity (Wildman–Crippen MR) is 112 cm³/mol. The Labute approximate surface area is 175 Å². The number of ether oxygens (including phenoxy) is 1. The molecule has 1 aliphatic rings. The SMILES string of the molecule is CC(C)(C)OC(=O)N1CCC(c2cnc(-c3ccc(F)cc3)cc2-c2ccn[nH]2)C1. The Morgan fingerprint density at radius 3 is 2.67 bits per heavy atom. The fourth-order valence-corrected chi connectivity index (χ4v) is 3.72. The molecule has 1 atom stereocenters. The predicted octanol–water partition coefficient (Wildman–Crippen LogP) is 5.00. The molecule has 1 saturated heterocycles. The van der Waals surface area contributed by atoms with Crippen LogP contribution in [0, 0.1) is 5.82 Å². The van der Waals surface area contributed by atoms with Crippen molar-refractivity contribution in [1.82, 2.24) is 20.1 Å². The van der Waals surface area contributed by atoms with Gasteiger partial charge in [-0.2, -0.15) is 5.10 Å². The molecule has 2 aromatic heterocycles. The number of pyridine rings is 1. The van der Waals surface area contributed by atoms with E-state index < -0.39 is 5.60 Å². The smallest absolute Gasteiger partial charge is 0.410 e. The molecule has 156 valence electrons. The number of aromatic nitrogens is 3. The molecule has 6 nitrogen and oxygen atoms in total. The first-order valence-electron chi connectivity index (χ1n) is 10.0. The number of likely N-dealkylation sites (tertiary alicyclic amines) is 1. The normalized spacial score (nSPS) is 16.7. The quantitative estimate of drug-likeness (QED) is 0.662. The van der Waals surface area contributed by atoms with Gasteiger partial charge in [-0.25, -0.2) is 9.18 Å². The van der Waals surface area contributed by atoms with E-state index in [0.717, 1.165) is 34.5 Å². The minimum Gasteiger partial charge on any atom is -0.444 e. The Kier molecular flexibility index (Phi) is 5.28. The third-order valence-corrected chi connectivity index (χ3v) is 5.15. The molecule has 3 aromatic rings. The van der Waals surface area contributed by atoms with Crippen LogP contribution in [0.25, 0.3) is 22.5 Å². The summed E-state index contributed by atoms with van der Waals surface area (Å²) in [7, 11) is 0. The molecule has 1 aliphatic heterocycles. The maximum Gasteiger partial charge on any atom is 0.410 e. The van der Waals surface area contributed by atoms with E-state index in [0.29, 0.717) is 13.1 Å². The van der Waals surface area contributed by atoms with Crippen molar-refractivity contribution in [2.24, 2.45) is 0 Å². The van der Waals surface area contributed by atoms with Gasteiger partial charge < -0.3 is 9.64 Å². The van der Waals surface area contributed by atoms with E-state index in [9.17, 15) is 9.18 Å². The topological polar surface area (TPSA) is 71.1 Å². The molecule has 1 unspecified atom stereocenters. The highest BCUT2D eigenvalue weighted by atomic mass is 19.1. The van der Waals surface area contributed by atoms with Crippen LogP contribution in [-0.2, 0) is 4.74 Å². The monoisotopic (exact) mass is 408 g/mol. The van der Waals surface area contributed by atoms with Crippen LogP contribution < -0.4 is 0 Å². The lowest BCUT2D eigenvalue weighted by Crippen LogP contribution is -2.35. The highest BCUT2D eigenvalue weighted by molar-refractivity contribution is 5.72. The van der Waals surface area contributed by atoms with Crippen molar-refractivity contribution in [1.29, 1.82) is 0 Å². The molecular weight excluding hydrogens is 383 g/mol. The van der Waals surface area contributed by atoms with E-state index in [1.807, 2.05) is 39.1 Å². The van der Waals surface area contributed by atoms with Crippen molar-refractivity contribution in [3.05, 3.63) is 60.2 Å². The largest absolute Gasteiger partial charge is 0.444 e. The second-order valence-electron chi connectivity index (χ2n) is 8.55. The number of carbonyl (C=O) groups excluding carboxylic acids is 1. The molecular formula is C23H25FN4O2. The van der Waals surface area contributed by atoms with Gasteiger partial charge in [0.25, 0.3) is 0 Å². The summed E-state index contributed by atoms with van der Waals surface area (Å²) in [5.74, 6) is -0.136. The summed E-state index contributed by atoms with van der Waals surface area (Å²) in [4.78, 5) is 18.8. The number of hydrogen-bond acceptors (Lipinski definition) is 4. The van der Waals surface area contributed by atoms with Crippen LogP contribution in [-0.4, -0.2) is 44.9 Å². The minimum absolute atomic E-state index is 0.144. The van der Waals surface area contributed by atoms with E-state index in [2.05, 4.69) is 15.2 Å². The summed E-state index contributed by atoms with van der Waals surface area (Å²) in [6.45, 7) is 6.82. The van der Waals surface area contributed by atoms with Crippen molar-refractivity contribution < 1.29 is 13.9 Å². The van der Waals surface area contributed by atoms with E-state index in [-0.39, 0.29) is 17.8 Å². The highest BCUT2D eigenvalue weighted by Gasteiger charge is 2.32. The number of nitrogens with one attached hydrogen (secondary N) is 1. The maximum absolute atomic E-state index is 13.3. The van der Waals surface area contributed by atoms with E-state index in [1.54, 1.807) is 23.2 Å². The van der Waals surface area contributed by atoms with Gasteiger partial charge >= 0.3 is 6.09 Å². The van der Waals surface area contributed by atoms with Gasteiger partial charge in [0.15, 0.2) is 0 Å². The average molecular weight is 408 g/mol. The number of nitrogens with zero attached hydrogens (tertiary/aromatic N) is 3. The van der Waals surface area contributed by atoms with Crippen LogP contribution in [0.3, 0.4) is 0 Å². The molecule has 0 bridgehead atoms. The standard InChI is InChI=1S/C23H25FN4O2/c1-23(2,3)30-22(29)28-11-9-16(14-28)19-13-25-21(15-4-6-17(24)7-5-15)12-18(19)20-8-10-26-27-20/h4-8,10,12-13,16H,9,11,14H2,1-3H3,(H,26,27). The Balaban J connectivity index is 1.63. The summed E-state index contributed by atoms with van der Waals surface area (Å²) in [5.41, 5.74) is 3.99. The summed E-state index contributed by atoms with van der Waals surface area (Å²) in [6.07, 6.45) is 4.11. The van der Waals surface area contributed by atoms with Crippen LogP contribution in [0.2, 0.25) is 0 Å². The number of halogens is 1. The molecule has 0 spiro atoms. The van der Waals surface area contributed by atoms with E-state index in [1.165, 1.54) is 12.1 Å². The van der Waals surface area contributed by atoms with Crippen molar-refractivity contribution in [2.75, 3.05) is 13.1 Å². The van der Waals surface area contributed by atoms with Crippen molar-refractivity contribution in [3.63, 3.8) is 0 Å². The number of benzene rings is 1. The first-order chi connectivity index (χ1) is 14.3. The molecule has 0 aliphatic carbocycles. The maximum atomic E-state index is 13.3. The lowest BCUT2D eigenvalue weighted by molar-refractivity contribution is 0.0292. The first-order valence-corrected chi connectivity index (χ1v) is 10.0. The zero-order chi connectivity index (χ0) is 21.3. The molecule has 0 saturated carbocycles. The van der Waals surface area contributed by atoms with Crippen LogP contribution in [0.15, 0.2) is 48.8 Å². The molecule has 1 N–H and O–H groups in total. The van der Waals surface area contributed by atoms with Crippen molar-refractivity contribution in [2.45, 2.75) is 38.7 Å². The summed E-state index contributed by atoms with van der Waals surface area (Å²) in [6, 6.07) is 10.2. The lowest BCUT2D eigenvalue weighted by Gasteiger charge is -2.24. The van der Waals surface area contributed by atoms with Gasteiger partial charge in [0, 0.05) is 42.5 Å². The zero-order valence-electron chi connectivity index (χ0n) is 17.4. The molecule has 4 rings (SSSR count). The molecule has 1 amide bonds. The fraction of sp³-hybridized carbons (Fsp3) is 0.348. The Morgan fingerprint density at radius 1 is 1.23 bits per heavy atom. The molecule has 0 radical (unpaired) electrons. The van der Waals surface area contributed by atoms with Gasteiger partial charge in [0.05, 0.1) is 11.4 Å². The van der Waals surface area contributed by atoms with Crippen LogP contribution >= 0.6 is 0 Å². The van der Waals surface area contributed by atoms with Crippen molar-refractivity contribution in [3.8, 4) is 22.5 Å². The lowest BCUT2D eigenvalue weighted by atomic mass is 9.92. The number of amides is 1. The molecule has 1 fully saturated rings. The number of rotatable bonds is 3. The van der Waals surface area contributed by atoms with Gasteiger partial charge in [0.2, 0.25) is 0 Å². The number of H-pyrrole nitrogens is 1. The molecule has 1 aromatic carbocycles.